The van der Waals surface area contributed by atoms with Crippen LogP contribution in [0.3, 0.4) is 0 Å². The second-order valence-corrected chi connectivity index (χ2v) is 4.32. The van der Waals surface area contributed by atoms with Crippen LogP contribution in [0.1, 0.15) is 18.1 Å². The van der Waals surface area contributed by atoms with Gasteiger partial charge in [-0.15, -0.1) is 0 Å². The van der Waals surface area contributed by atoms with Gasteiger partial charge in [0, 0.05) is 5.69 Å². The lowest BCUT2D eigenvalue weighted by molar-refractivity contribution is -0.138. The molecular weight excluding hydrogens is 267 g/mol. The fraction of sp³-hybridized carbons (Fsp3) is 0.200. The molecule has 0 aliphatic heterocycles. The topological polar surface area (TPSA) is 35.2 Å². The summed E-state index contributed by atoms with van der Waals surface area (Å²) in [5, 5.41) is 0. The number of benzene rings is 2. The molecule has 0 spiro atoms. The van der Waals surface area contributed by atoms with Crippen LogP contribution in [-0.2, 0) is 12.6 Å². The molecule has 0 atom stereocenters. The summed E-state index contributed by atoms with van der Waals surface area (Å²) >= 11 is 0. The first kappa shape index (κ1) is 14.2. The van der Waals surface area contributed by atoms with Gasteiger partial charge in [-0.1, -0.05) is 25.1 Å². The Balaban J connectivity index is 2.44. The molecule has 106 valence electrons. The summed E-state index contributed by atoms with van der Waals surface area (Å²) in [6.45, 7) is 1.91. The number of hydrogen-bond acceptors (Lipinski definition) is 2. The summed E-state index contributed by atoms with van der Waals surface area (Å²) < 4.78 is 44.4. The molecule has 0 fully saturated rings. The third-order valence-corrected chi connectivity index (χ3v) is 2.88. The van der Waals surface area contributed by atoms with Crippen LogP contribution < -0.4 is 10.5 Å². The van der Waals surface area contributed by atoms with Gasteiger partial charge in [-0.3, -0.25) is 0 Å². The molecule has 0 bridgehead atoms. The molecule has 0 aliphatic rings. The van der Waals surface area contributed by atoms with Crippen LogP contribution in [0.4, 0.5) is 18.9 Å². The van der Waals surface area contributed by atoms with E-state index in [9.17, 15) is 13.2 Å². The highest BCUT2D eigenvalue weighted by atomic mass is 19.4. The van der Waals surface area contributed by atoms with Crippen LogP contribution in [0.25, 0.3) is 0 Å². The highest BCUT2D eigenvalue weighted by Gasteiger charge is 2.34. The van der Waals surface area contributed by atoms with E-state index < -0.39 is 11.7 Å². The van der Waals surface area contributed by atoms with Crippen LogP contribution in [-0.4, -0.2) is 0 Å². The van der Waals surface area contributed by atoms with Gasteiger partial charge >= 0.3 is 6.18 Å². The predicted molar refractivity (Wildman–Crippen MR) is 71.8 cm³/mol. The second-order valence-electron chi connectivity index (χ2n) is 4.32. The van der Waals surface area contributed by atoms with E-state index in [4.69, 9.17) is 10.5 Å². The minimum Gasteiger partial charge on any atom is -0.456 e. The number of nitrogen functional groups attached to an aromatic ring is 1. The maximum atomic E-state index is 13.0. The largest absolute Gasteiger partial charge is 0.456 e. The second kappa shape index (κ2) is 5.45. The molecule has 0 amide bonds. The summed E-state index contributed by atoms with van der Waals surface area (Å²) in [6, 6.07) is 10.5. The zero-order valence-electron chi connectivity index (χ0n) is 10.9. The molecule has 0 heterocycles. The van der Waals surface area contributed by atoms with Gasteiger partial charge in [0.15, 0.2) is 0 Å². The average Bonchev–Trinajstić information content (AvgIpc) is 2.40. The van der Waals surface area contributed by atoms with Crippen molar-refractivity contribution in [2.75, 3.05) is 5.73 Å². The molecule has 2 rings (SSSR count). The quantitative estimate of drug-likeness (QED) is 0.832. The molecule has 20 heavy (non-hydrogen) atoms. The van der Waals surface area contributed by atoms with Crippen LogP contribution >= 0.6 is 0 Å². The number of halogens is 3. The minimum atomic E-state index is -4.51. The van der Waals surface area contributed by atoms with Crippen molar-refractivity contribution in [1.82, 2.24) is 0 Å². The van der Waals surface area contributed by atoms with Gasteiger partial charge in [0.05, 0.1) is 0 Å². The van der Waals surface area contributed by atoms with E-state index in [1.165, 1.54) is 12.1 Å². The molecule has 0 saturated carbocycles. The Kier molecular flexibility index (Phi) is 3.88. The molecule has 5 heteroatoms. The Labute approximate surface area is 115 Å². The zero-order chi connectivity index (χ0) is 14.8. The van der Waals surface area contributed by atoms with Crippen molar-refractivity contribution in [1.29, 1.82) is 0 Å². The lowest BCUT2D eigenvalue weighted by atomic mass is 10.1. The predicted octanol–water partition coefficient (Wildman–Crippen LogP) is 4.64. The maximum Gasteiger partial charge on any atom is 0.420 e. The van der Waals surface area contributed by atoms with E-state index in [2.05, 4.69) is 0 Å². The molecule has 0 saturated heterocycles. The number of ether oxygens (including phenoxy) is 1. The fourth-order valence-corrected chi connectivity index (χ4v) is 1.87. The third kappa shape index (κ3) is 3.04. The minimum absolute atomic E-state index is 0.0495. The van der Waals surface area contributed by atoms with Crippen LogP contribution in [0.15, 0.2) is 42.5 Å². The van der Waals surface area contributed by atoms with Crippen molar-refractivity contribution < 1.29 is 17.9 Å². The zero-order valence-corrected chi connectivity index (χ0v) is 10.9. The molecule has 2 nitrogen and oxygen atoms in total. The number of para-hydroxylation sites is 1. The maximum absolute atomic E-state index is 13.0. The van der Waals surface area contributed by atoms with E-state index >= 15 is 0 Å². The van der Waals surface area contributed by atoms with Crippen LogP contribution in [0, 0.1) is 0 Å². The Hall–Kier alpha value is -2.17. The van der Waals surface area contributed by atoms with Crippen molar-refractivity contribution >= 4 is 5.69 Å². The summed E-state index contributed by atoms with van der Waals surface area (Å²) in [7, 11) is 0. The highest BCUT2D eigenvalue weighted by molar-refractivity contribution is 5.51. The Morgan fingerprint density at radius 1 is 1.05 bits per heavy atom. The summed E-state index contributed by atoms with van der Waals surface area (Å²) in [4.78, 5) is 0. The Bertz CT molecular complexity index is 608. The molecule has 0 aromatic heterocycles. The standard InChI is InChI=1S/C15H14F3NO/c1-2-10-5-3-4-6-13(10)20-14-8-7-11(19)9-12(14)15(16,17)18/h3-9H,2,19H2,1H3. The monoisotopic (exact) mass is 281 g/mol. The summed E-state index contributed by atoms with van der Waals surface area (Å²) in [6.07, 6.45) is -3.83. The third-order valence-electron chi connectivity index (χ3n) is 2.88. The normalized spacial score (nSPS) is 11.4. The van der Waals surface area contributed by atoms with Gasteiger partial charge in [0.1, 0.15) is 17.1 Å². The van der Waals surface area contributed by atoms with Crippen molar-refractivity contribution in [2.45, 2.75) is 19.5 Å². The lowest BCUT2D eigenvalue weighted by Gasteiger charge is -2.16. The molecule has 0 unspecified atom stereocenters. The molecular formula is C15H14F3NO. The number of aryl methyl sites for hydroxylation is 1. The lowest BCUT2D eigenvalue weighted by Crippen LogP contribution is -2.08. The molecule has 2 aromatic carbocycles. The van der Waals surface area contributed by atoms with E-state index in [1.807, 2.05) is 19.1 Å². The van der Waals surface area contributed by atoms with Crippen molar-refractivity contribution in [3.8, 4) is 11.5 Å². The van der Waals surface area contributed by atoms with Gasteiger partial charge in [-0.25, -0.2) is 0 Å². The van der Waals surface area contributed by atoms with Crippen molar-refractivity contribution in [2.24, 2.45) is 0 Å². The summed E-state index contributed by atoms with van der Waals surface area (Å²) in [5.74, 6) is 0.179. The van der Waals surface area contributed by atoms with E-state index in [-0.39, 0.29) is 11.4 Å². The van der Waals surface area contributed by atoms with Gasteiger partial charge in [0.25, 0.3) is 0 Å². The average molecular weight is 281 g/mol. The number of rotatable bonds is 3. The molecule has 0 radical (unpaired) electrons. The van der Waals surface area contributed by atoms with E-state index in [0.29, 0.717) is 12.2 Å². The van der Waals surface area contributed by atoms with Gasteiger partial charge < -0.3 is 10.5 Å². The molecule has 2 aromatic rings. The van der Waals surface area contributed by atoms with Crippen LogP contribution in [0.5, 0.6) is 11.5 Å². The number of anilines is 1. The fourth-order valence-electron chi connectivity index (χ4n) is 1.87. The number of alkyl halides is 3. The first-order chi connectivity index (χ1) is 9.41. The molecule has 0 aliphatic carbocycles. The van der Waals surface area contributed by atoms with Crippen molar-refractivity contribution in [3.05, 3.63) is 53.6 Å². The molecule has 2 N–H and O–H groups in total. The van der Waals surface area contributed by atoms with Crippen LogP contribution in [0.2, 0.25) is 0 Å². The highest BCUT2D eigenvalue weighted by Crippen LogP contribution is 2.39. The van der Waals surface area contributed by atoms with E-state index in [0.717, 1.165) is 11.6 Å². The first-order valence-corrected chi connectivity index (χ1v) is 6.14. The smallest absolute Gasteiger partial charge is 0.420 e. The number of hydrogen-bond donors (Lipinski definition) is 1. The van der Waals surface area contributed by atoms with Gasteiger partial charge in [-0.05, 0) is 36.2 Å². The first-order valence-electron chi connectivity index (χ1n) is 6.14. The van der Waals surface area contributed by atoms with Gasteiger partial charge in [-0.2, -0.15) is 13.2 Å². The summed E-state index contributed by atoms with van der Waals surface area (Å²) in [5.41, 5.74) is 5.44. The Morgan fingerprint density at radius 3 is 2.40 bits per heavy atom. The number of nitrogens with two attached hydrogens (primary N) is 1. The SMILES string of the molecule is CCc1ccccc1Oc1ccc(N)cc1C(F)(F)F. The van der Waals surface area contributed by atoms with Gasteiger partial charge in [0.2, 0.25) is 0 Å². The Morgan fingerprint density at radius 2 is 1.75 bits per heavy atom. The van der Waals surface area contributed by atoms with E-state index in [1.54, 1.807) is 12.1 Å². The van der Waals surface area contributed by atoms with Crippen molar-refractivity contribution in [3.63, 3.8) is 0 Å².